The van der Waals surface area contributed by atoms with Gasteiger partial charge < -0.3 is 5.32 Å². The molecule has 4 aromatic rings. The van der Waals surface area contributed by atoms with E-state index in [2.05, 4.69) is 71.0 Å². The average Bonchev–Trinajstić information content (AvgIpc) is 2.80. The topological polar surface area (TPSA) is 36.8 Å². The fourth-order valence-electron chi connectivity index (χ4n) is 3.51. The zero-order valence-corrected chi connectivity index (χ0v) is 15.3. The molecule has 0 spiro atoms. The van der Waals surface area contributed by atoms with Crippen LogP contribution in [0.3, 0.4) is 0 Å². The lowest BCUT2D eigenvalue weighted by molar-refractivity contribution is 0.764. The summed E-state index contributed by atoms with van der Waals surface area (Å²) in [5.41, 5.74) is 4.61. The maximum absolute atomic E-state index is 4.80. The lowest BCUT2D eigenvalue weighted by Crippen LogP contribution is -2.27. The Morgan fingerprint density at radius 2 is 1.29 bits per heavy atom. The summed E-state index contributed by atoms with van der Waals surface area (Å²) in [6.45, 7) is 0. The molecule has 0 radical (unpaired) electrons. The molecule has 1 atom stereocenters. The van der Waals surface area contributed by atoms with Crippen molar-refractivity contribution in [3.05, 3.63) is 108 Å². The number of hydrogen-bond donors (Lipinski definition) is 1. The van der Waals surface area contributed by atoms with Gasteiger partial charge in [0.2, 0.25) is 0 Å². The van der Waals surface area contributed by atoms with Crippen LogP contribution in [0, 0.1) is 0 Å². The summed E-state index contributed by atoms with van der Waals surface area (Å²) in [5, 5.41) is 5.57. The normalized spacial score (nSPS) is 15.9. The standard InChI is InChI=1S/C25H19N3/c1-3-7-18(8-4-1)20-11-12-22-16-23(14-13-21(22)15-20)25-27-17-26-24(28-25)19-9-5-2-6-10-19/h1-17,25H,(H,26,27,28). The van der Waals surface area contributed by atoms with E-state index in [9.17, 15) is 0 Å². The van der Waals surface area contributed by atoms with E-state index in [1.165, 1.54) is 21.9 Å². The molecule has 1 aliphatic heterocycles. The van der Waals surface area contributed by atoms with Gasteiger partial charge >= 0.3 is 0 Å². The molecule has 0 aliphatic carbocycles. The van der Waals surface area contributed by atoms with Crippen LogP contribution in [-0.4, -0.2) is 12.2 Å². The summed E-state index contributed by atoms with van der Waals surface area (Å²) in [6.07, 6.45) is 1.51. The highest BCUT2D eigenvalue weighted by molar-refractivity contribution is 6.05. The Balaban J connectivity index is 1.49. The predicted molar refractivity (Wildman–Crippen MR) is 117 cm³/mol. The van der Waals surface area contributed by atoms with Gasteiger partial charge in [-0.15, -0.1) is 0 Å². The zero-order valence-electron chi connectivity index (χ0n) is 15.3. The summed E-state index contributed by atoms with van der Waals surface area (Å²) in [7, 11) is 0. The van der Waals surface area contributed by atoms with E-state index in [-0.39, 0.29) is 6.17 Å². The molecule has 28 heavy (non-hydrogen) atoms. The molecule has 1 unspecified atom stereocenters. The van der Waals surface area contributed by atoms with Gasteiger partial charge in [0.05, 0.1) is 6.34 Å². The molecule has 0 aromatic heterocycles. The summed E-state index contributed by atoms with van der Waals surface area (Å²) >= 11 is 0. The van der Waals surface area contributed by atoms with Crippen molar-refractivity contribution in [1.29, 1.82) is 0 Å². The highest BCUT2D eigenvalue weighted by atomic mass is 15.2. The second-order valence-corrected chi connectivity index (χ2v) is 6.83. The van der Waals surface area contributed by atoms with Crippen LogP contribution >= 0.6 is 0 Å². The van der Waals surface area contributed by atoms with E-state index < -0.39 is 0 Å². The summed E-state index contributed by atoms with van der Waals surface area (Å²) in [5.74, 6) is 0.847. The molecule has 0 saturated carbocycles. The van der Waals surface area contributed by atoms with Gasteiger partial charge in [-0.25, -0.2) is 9.98 Å². The van der Waals surface area contributed by atoms with Crippen LogP contribution in [0.1, 0.15) is 17.3 Å². The first-order valence-corrected chi connectivity index (χ1v) is 9.37. The second kappa shape index (κ2) is 7.12. The maximum Gasteiger partial charge on any atom is 0.169 e. The minimum absolute atomic E-state index is 0.227. The number of fused-ring (bicyclic) bond motifs is 1. The molecule has 1 N–H and O–H groups in total. The monoisotopic (exact) mass is 361 g/mol. The average molecular weight is 361 g/mol. The van der Waals surface area contributed by atoms with Crippen molar-refractivity contribution < 1.29 is 0 Å². The van der Waals surface area contributed by atoms with E-state index >= 15 is 0 Å². The first-order chi connectivity index (χ1) is 13.9. The van der Waals surface area contributed by atoms with E-state index in [1.807, 2.05) is 36.4 Å². The molecule has 0 fully saturated rings. The Bertz CT molecular complexity index is 1180. The first-order valence-electron chi connectivity index (χ1n) is 9.37. The third-order valence-electron chi connectivity index (χ3n) is 4.99. The van der Waals surface area contributed by atoms with Gasteiger partial charge in [0, 0.05) is 5.56 Å². The van der Waals surface area contributed by atoms with E-state index in [0.29, 0.717) is 0 Å². The number of aliphatic imine (C=N–C) groups is 2. The third kappa shape index (κ3) is 3.19. The van der Waals surface area contributed by atoms with E-state index in [4.69, 9.17) is 4.99 Å². The number of nitrogens with zero attached hydrogens (tertiary/aromatic N) is 2. The van der Waals surface area contributed by atoms with Gasteiger partial charge in [0.1, 0.15) is 5.84 Å². The van der Waals surface area contributed by atoms with Gasteiger partial charge in [-0.2, -0.15) is 0 Å². The molecule has 3 nitrogen and oxygen atoms in total. The Labute approximate surface area is 164 Å². The second-order valence-electron chi connectivity index (χ2n) is 6.83. The van der Waals surface area contributed by atoms with Crippen LogP contribution in [0.15, 0.2) is 107 Å². The molecule has 1 heterocycles. The van der Waals surface area contributed by atoms with Crippen molar-refractivity contribution in [2.75, 3.05) is 0 Å². The molecule has 0 bridgehead atoms. The minimum Gasteiger partial charge on any atom is -0.331 e. The molecular formula is C25H19N3. The smallest absolute Gasteiger partial charge is 0.169 e. The van der Waals surface area contributed by atoms with Crippen molar-refractivity contribution in [3.63, 3.8) is 0 Å². The van der Waals surface area contributed by atoms with Crippen molar-refractivity contribution in [3.8, 4) is 11.1 Å². The molecule has 0 amide bonds. The maximum atomic E-state index is 4.80. The van der Waals surface area contributed by atoms with Gasteiger partial charge in [-0.3, -0.25) is 0 Å². The largest absolute Gasteiger partial charge is 0.331 e. The minimum atomic E-state index is -0.227. The fourth-order valence-corrected chi connectivity index (χ4v) is 3.51. The van der Waals surface area contributed by atoms with Crippen molar-refractivity contribution >= 4 is 22.9 Å². The predicted octanol–water partition coefficient (Wildman–Crippen LogP) is 5.58. The van der Waals surface area contributed by atoms with Crippen molar-refractivity contribution in [2.24, 2.45) is 9.98 Å². The molecule has 5 rings (SSSR count). The molecule has 3 heteroatoms. The van der Waals surface area contributed by atoms with Crippen LogP contribution in [0.25, 0.3) is 21.9 Å². The Morgan fingerprint density at radius 3 is 2.07 bits per heavy atom. The Kier molecular flexibility index (Phi) is 4.19. The Hall–Kier alpha value is -3.72. The highest BCUT2D eigenvalue weighted by Crippen LogP contribution is 2.28. The fraction of sp³-hybridized carbons (Fsp3) is 0.0400. The van der Waals surface area contributed by atoms with E-state index in [1.54, 1.807) is 6.34 Å². The van der Waals surface area contributed by atoms with E-state index in [0.717, 1.165) is 17.0 Å². The molecule has 1 aliphatic rings. The zero-order chi connectivity index (χ0) is 18.8. The lowest BCUT2D eigenvalue weighted by Gasteiger charge is -2.17. The van der Waals surface area contributed by atoms with Crippen LogP contribution in [-0.2, 0) is 0 Å². The first kappa shape index (κ1) is 16.5. The summed E-state index contributed by atoms with van der Waals surface area (Å²) < 4.78 is 0. The van der Waals surface area contributed by atoms with Gasteiger partial charge in [-0.1, -0.05) is 84.9 Å². The van der Waals surface area contributed by atoms with Gasteiger partial charge in [-0.05, 0) is 39.6 Å². The summed E-state index contributed by atoms with van der Waals surface area (Å²) in [6, 6.07) is 33.6. The van der Waals surface area contributed by atoms with Crippen LogP contribution in [0.2, 0.25) is 0 Å². The third-order valence-corrected chi connectivity index (χ3v) is 4.99. The number of nitrogens with one attached hydrogen (secondary N) is 1. The molecular weight excluding hydrogens is 342 g/mol. The number of rotatable bonds is 3. The number of amidine groups is 1. The lowest BCUT2D eigenvalue weighted by atomic mass is 9.99. The van der Waals surface area contributed by atoms with Crippen LogP contribution < -0.4 is 5.32 Å². The molecule has 4 aromatic carbocycles. The van der Waals surface area contributed by atoms with Crippen LogP contribution in [0.5, 0.6) is 0 Å². The molecule has 134 valence electrons. The number of benzene rings is 4. The molecule has 0 saturated heterocycles. The number of hydrogen-bond acceptors (Lipinski definition) is 3. The van der Waals surface area contributed by atoms with Gasteiger partial charge in [0.15, 0.2) is 6.17 Å². The quantitative estimate of drug-likeness (QED) is 0.508. The van der Waals surface area contributed by atoms with Gasteiger partial charge in [0.25, 0.3) is 0 Å². The summed E-state index contributed by atoms with van der Waals surface area (Å²) in [4.78, 5) is 9.33. The van der Waals surface area contributed by atoms with Crippen molar-refractivity contribution in [2.45, 2.75) is 6.17 Å². The van der Waals surface area contributed by atoms with Crippen LogP contribution in [0.4, 0.5) is 0 Å². The Morgan fingerprint density at radius 1 is 0.607 bits per heavy atom. The SMILES string of the molecule is C1=NC(c2ccc3cc(-c4ccccc4)ccc3c2)N=C(c2ccccc2)N1. The van der Waals surface area contributed by atoms with Crippen molar-refractivity contribution in [1.82, 2.24) is 5.32 Å². The highest BCUT2D eigenvalue weighted by Gasteiger charge is 2.14.